The predicted molar refractivity (Wildman–Crippen MR) is 78.1 cm³/mol. The molecule has 0 saturated carbocycles. The van der Waals surface area contributed by atoms with Crippen LogP contribution >= 0.6 is 24.0 Å². The van der Waals surface area contributed by atoms with Gasteiger partial charge in [0.1, 0.15) is 0 Å². The second-order valence-electron chi connectivity index (χ2n) is 4.56. The van der Waals surface area contributed by atoms with Crippen molar-refractivity contribution in [2.24, 2.45) is 11.7 Å². The van der Waals surface area contributed by atoms with Crippen molar-refractivity contribution in [1.29, 1.82) is 0 Å². The Hall–Kier alpha value is -0.770. The molecule has 1 aromatic carbocycles. The van der Waals surface area contributed by atoms with E-state index in [2.05, 4.69) is 5.32 Å². The van der Waals surface area contributed by atoms with E-state index in [1.165, 1.54) is 0 Å². The number of hydrogen-bond acceptors (Lipinski definition) is 2. The van der Waals surface area contributed by atoms with E-state index >= 15 is 0 Å². The Balaban J connectivity index is 0.00000289. The summed E-state index contributed by atoms with van der Waals surface area (Å²) in [7, 11) is 0. The van der Waals surface area contributed by atoms with Gasteiger partial charge in [0.15, 0.2) is 0 Å². The van der Waals surface area contributed by atoms with Gasteiger partial charge >= 0.3 is 0 Å². The zero-order valence-electron chi connectivity index (χ0n) is 10.8. The van der Waals surface area contributed by atoms with Crippen LogP contribution in [0.2, 0.25) is 5.02 Å². The fraction of sp³-hybridized carbons (Fsp3) is 0.462. The van der Waals surface area contributed by atoms with Gasteiger partial charge in [-0.2, -0.15) is 0 Å². The Morgan fingerprint density at radius 1 is 1.33 bits per heavy atom. The number of benzene rings is 1. The molecule has 1 amide bonds. The van der Waals surface area contributed by atoms with Gasteiger partial charge in [-0.1, -0.05) is 37.6 Å². The Kier molecular flexibility index (Phi) is 7.29. The summed E-state index contributed by atoms with van der Waals surface area (Å²) in [6.45, 7) is 5.76. The van der Waals surface area contributed by atoms with Crippen LogP contribution in [0.3, 0.4) is 0 Å². The van der Waals surface area contributed by atoms with E-state index in [1.807, 2.05) is 39.0 Å². The van der Waals surface area contributed by atoms with E-state index in [0.717, 1.165) is 5.56 Å². The van der Waals surface area contributed by atoms with Crippen LogP contribution in [-0.2, 0) is 4.79 Å². The van der Waals surface area contributed by atoms with Gasteiger partial charge in [-0.15, -0.1) is 12.4 Å². The number of nitrogens with two attached hydrogens (primary N) is 1. The summed E-state index contributed by atoms with van der Waals surface area (Å²) in [5.41, 5.74) is 6.75. The Bertz CT molecular complexity index is 396. The molecule has 0 spiro atoms. The molecular formula is C13H20Cl2N2O. The average molecular weight is 291 g/mol. The molecule has 18 heavy (non-hydrogen) atoms. The number of hydrogen-bond donors (Lipinski definition) is 2. The first-order chi connectivity index (χ1) is 7.91. The first kappa shape index (κ1) is 17.2. The summed E-state index contributed by atoms with van der Waals surface area (Å²) in [6, 6.07) is 6.87. The van der Waals surface area contributed by atoms with Gasteiger partial charge in [0.25, 0.3) is 0 Å². The van der Waals surface area contributed by atoms with E-state index in [1.54, 1.807) is 6.07 Å². The molecule has 0 aliphatic carbocycles. The molecule has 0 fully saturated rings. The molecule has 2 atom stereocenters. The maximum atomic E-state index is 11.8. The van der Waals surface area contributed by atoms with Gasteiger partial charge < -0.3 is 11.1 Å². The molecule has 0 bridgehead atoms. The van der Waals surface area contributed by atoms with Crippen molar-refractivity contribution in [3.63, 3.8) is 0 Å². The molecule has 0 radical (unpaired) electrons. The highest BCUT2D eigenvalue weighted by molar-refractivity contribution is 6.30. The molecule has 1 aromatic rings. The number of carbonyl (C=O) groups excluding carboxylic acids is 1. The lowest BCUT2D eigenvalue weighted by Crippen LogP contribution is -2.44. The third kappa shape index (κ3) is 4.84. The van der Waals surface area contributed by atoms with Crippen molar-refractivity contribution in [2.45, 2.75) is 32.9 Å². The minimum absolute atomic E-state index is 0. The van der Waals surface area contributed by atoms with Crippen LogP contribution < -0.4 is 11.1 Å². The predicted octanol–water partition coefficient (Wildman–Crippen LogP) is 2.92. The maximum absolute atomic E-state index is 11.8. The molecule has 0 saturated heterocycles. The lowest BCUT2D eigenvalue weighted by Gasteiger charge is -2.20. The zero-order chi connectivity index (χ0) is 13.0. The third-order valence-electron chi connectivity index (χ3n) is 2.73. The summed E-state index contributed by atoms with van der Waals surface area (Å²) in [5, 5.41) is 3.55. The minimum atomic E-state index is -0.475. The topological polar surface area (TPSA) is 55.1 Å². The lowest BCUT2D eigenvalue weighted by molar-refractivity contribution is -0.123. The average Bonchev–Trinajstić information content (AvgIpc) is 2.27. The summed E-state index contributed by atoms with van der Waals surface area (Å²) in [6.07, 6.45) is 0. The van der Waals surface area contributed by atoms with E-state index in [4.69, 9.17) is 17.3 Å². The van der Waals surface area contributed by atoms with Crippen LogP contribution in [0.1, 0.15) is 32.4 Å². The van der Waals surface area contributed by atoms with Gasteiger partial charge in [-0.3, -0.25) is 4.79 Å². The summed E-state index contributed by atoms with van der Waals surface area (Å²) < 4.78 is 0. The number of carbonyl (C=O) groups is 1. The fourth-order valence-electron chi connectivity index (χ4n) is 1.47. The Labute approximate surface area is 119 Å². The van der Waals surface area contributed by atoms with Crippen molar-refractivity contribution in [1.82, 2.24) is 5.32 Å². The van der Waals surface area contributed by atoms with Crippen LogP contribution in [0.5, 0.6) is 0 Å². The number of amides is 1. The molecule has 1 unspecified atom stereocenters. The molecule has 0 aliphatic rings. The second kappa shape index (κ2) is 7.62. The van der Waals surface area contributed by atoms with Crippen molar-refractivity contribution in [3.8, 4) is 0 Å². The highest BCUT2D eigenvalue weighted by atomic mass is 35.5. The van der Waals surface area contributed by atoms with Crippen LogP contribution in [0.15, 0.2) is 24.3 Å². The highest BCUT2D eigenvalue weighted by Gasteiger charge is 2.19. The van der Waals surface area contributed by atoms with Gasteiger partial charge in [0, 0.05) is 5.02 Å². The monoisotopic (exact) mass is 290 g/mol. The molecule has 102 valence electrons. The highest BCUT2D eigenvalue weighted by Crippen LogP contribution is 2.17. The van der Waals surface area contributed by atoms with E-state index < -0.39 is 6.04 Å². The number of nitrogens with one attached hydrogen (secondary N) is 1. The molecule has 0 aliphatic heterocycles. The second-order valence-corrected chi connectivity index (χ2v) is 4.99. The van der Waals surface area contributed by atoms with Gasteiger partial charge in [0.2, 0.25) is 5.91 Å². The minimum Gasteiger partial charge on any atom is -0.348 e. The quantitative estimate of drug-likeness (QED) is 0.896. The molecule has 5 heteroatoms. The van der Waals surface area contributed by atoms with Crippen molar-refractivity contribution < 1.29 is 4.79 Å². The summed E-state index contributed by atoms with van der Waals surface area (Å²) >= 11 is 5.90. The normalized spacial score (nSPS) is 13.7. The first-order valence-corrected chi connectivity index (χ1v) is 6.11. The van der Waals surface area contributed by atoms with Crippen molar-refractivity contribution in [3.05, 3.63) is 34.9 Å². The van der Waals surface area contributed by atoms with Crippen molar-refractivity contribution in [2.75, 3.05) is 0 Å². The lowest BCUT2D eigenvalue weighted by atomic mass is 10.0. The van der Waals surface area contributed by atoms with Gasteiger partial charge in [-0.25, -0.2) is 0 Å². The van der Waals surface area contributed by atoms with Gasteiger partial charge in [-0.05, 0) is 30.5 Å². The number of halogens is 2. The first-order valence-electron chi connectivity index (χ1n) is 5.73. The standard InChI is InChI=1S/C13H19ClN2O.ClH/c1-8(2)12(15)13(17)16-9(3)10-5-4-6-11(14)7-10;/h4-9,12H,15H2,1-3H3,(H,16,17);1H/t9-,12?;/m1./s1. The Morgan fingerprint density at radius 2 is 1.94 bits per heavy atom. The molecule has 3 N–H and O–H groups in total. The zero-order valence-corrected chi connectivity index (χ0v) is 12.4. The molecule has 3 nitrogen and oxygen atoms in total. The largest absolute Gasteiger partial charge is 0.348 e. The Morgan fingerprint density at radius 3 is 2.44 bits per heavy atom. The van der Waals surface area contributed by atoms with E-state index in [9.17, 15) is 4.79 Å². The van der Waals surface area contributed by atoms with Crippen LogP contribution in [0.4, 0.5) is 0 Å². The number of rotatable bonds is 4. The van der Waals surface area contributed by atoms with Crippen LogP contribution in [-0.4, -0.2) is 11.9 Å². The van der Waals surface area contributed by atoms with E-state index in [0.29, 0.717) is 5.02 Å². The van der Waals surface area contributed by atoms with Crippen LogP contribution in [0, 0.1) is 5.92 Å². The third-order valence-corrected chi connectivity index (χ3v) is 2.96. The van der Waals surface area contributed by atoms with Gasteiger partial charge in [0.05, 0.1) is 12.1 Å². The summed E-state index contributed by atoms with van der Waals surface area (Å²) in [4.78, 5) is 11.8. The van der Waals surface area contributed by atoms with Crippen LogP contribution in [0.25, 0.3) is 0 Å². The smallest absolute Gasteiger partial charge is 0.237 e. The molecular weight excluding hydrogens is 271 g/mol. The maximum Gasteiger partial charge on any atom is 0.237 e. The summed E-state index contributed by atoms with van der Waals surface area (Å²) in [5.74, 6) is -0.00552. The van der Waals surface area contributed by atoms with Crippen molar-refractivity contribution >= 4 is 29.9 Å². The van der Waals surface area contributed by atoms with E-state index in [-0.39, 0.29) is 30.3 Å². The fourth-order valence-corrected chi connectivity index (χ4v) is 1.67. The molecule has 0 heterocycles. The molecule has 1 rings (SSSR count). The SMILES string of the molecule is CC(C)C(N)C(=O)N[C@H](C)c1cccc(Cl)c1.Cl. The molecule has 0 aromatic heterocycles.